The predicted octanol–water partition coefficient (Wildman–Crippen LogP) is 9.31. The molecule has 0 amide bonds. The molecule has 3 heterocycles. The van der Waals surface area contributed by atoms with Gasteiger partial charge in [-0.05, 0) is 84.1 Å². The fraction of sp³-hybridized carbons (Fsp3) is 0.333. The molecule has 0 saturated heterocycles. The number of nitrogens with one attached hydrogen (secondary N) is 1. The Balaban J connectivity index is 1.41. The quantitative estimate of drug-likeness (QED) is 0.205. The number of aromatic amines is 1. The zero-order valence-corrected chi connectivity index (χ0v) is 25.9. The van der Waals surface area contributed by atoms with Gasteiger partial charge in [-0.2, -0.15) is 16.9 Å². The number of rotatable bonds is 4. The van der Waals surface area contributed by atoms with Gasteiger partial charge in [0.25, 0.3) is 0 Å². The molecule has 5 nitrogen and oxygen atoms in total. The highest BCUT2D eigenvalue weighted by molar-refractivity contribution is 7.99. The zero-order chi connectivity index (χ0) is 30.7. The van der Waals surface area contributed by atoms with Crippen LogP contribution in [-0.2, 0) is 17.6 Å². The van der Waals surface area contributed by atoms with Crippen molar-refractivity contribution in [2.24, 2.45) is 5.41 Å². The van der Waals surface area contributed by atoms with Gasteiger partial charge in [-0.15, -0.1) is 0 Å². The SMILES string of the molecule is CC1(C)CCCC(c2cccc(CCC=O)c2)n2ccc(n2)-c2cc(ccc2F)Oc2c(F)cc3[nH]ccc3c2CCSC1. The molecule has 2 aromatic heterocycles. The Kier molecular flexibility index (Phi) is 8.89. The maximum Gasteiger partial charge on any atom is 0.168 e. The second-order valence-corrected chi connectivity index (χ2v) is 13.5. The van der Waals surface area contributed by atoms with Crippen molar-refractivity contribution < 1.29 is 18.3 Å². The molecule has 3 aromatic carbocycles. The highest BCUT2D eigenvalue weighted by atomic mass is 32.2. The number of nitrogens with zero attached hydrogens (tertiary/aromatic N) is 2. The molecule has 4 bridgehead atoms. The summed E-state index contributed by atoms with van der Waals surface area (Å²) >= 11 is 1.88. The lowest BCUT2D eigenvalue weighted by Gasteiger charge is -2.26. The summed E-state index contributed by atoms with van der Waals surface area (Å²) in [7, 11) is 0. The number of carbonyl (C=O) groups is 1. The number of H-pyrrole nitrogens is 1. The first-order valence-corrected chi connectivity index (χ1v) is 16.4. The molecule has 0 aliphatic carbocycles. The maximum atomic E-state index is 15.5. The molecule has 0 spiro atoms. The summed E-state index contributed by atoms with van der Waals surface area (Å²) in [6.45, 7) is 4.60. The van der Waals surface area contributed by atoms with Gasteiger partial charge in [0.2, 0.25) is 0 Å². The van der Waals surface area contributed by atoms with Gasteiger partial charge in [-0.25, -0.2) is 8.78 Å². The van der Waals surface area contributed by atoms with E-state index >= 15 is 8.78 Å². The van der Waals surface area contributed by atoms with Crippen LogP contribution in [0.4, 0.5) is 8.78 Å². The number of hydrogen-bond donors (Lipinski definition) is 1. The second-order valence-electron chi connectivity index (χ2n) is 12.4. The van der Waals surface area contributed by atoms with Crippen LogP contribution in [0.2, 0.25) is 0 Å². The Morgan fingerprint density at radius 2 is 2.00 bits per heavy atom. The van der Waals surface area contributed by atoms with E-state index in [0.29, 0.717) is 36.3 Å². The first kappa shape index (κ1) is 30.1. The van der Waals surface area contributed by atoms with Gasteiger partial charge in [0.1, 0.15) is 17.9 Å². The van der Waals surface area contributed by atoms with E-state index in [1.807, 2.05) is 53.1 Å². The summed E-state index contributed by atoms with van der Waals surface area (Å²) in [6, 6.07) is 18.0. The fourth-order valence-electron chi connectivity index (χ4n) is 6.12. The van der Waals surface area contributed by atoms with E-state index in [4.69, 9.17) is 9.84 Å². The van der Waals surface area contributed by atoms with Crippen LogP contribution in [0.3, 0.4) is 0 Å². The summed E-state index contributed by atoms with van der Waals surface area (Å²) in [5.74, 6) is 1.44. The van der Waals surface area contributed by atoms with Crippen molar-refractivity contribution in [2.45, 2.75) is 58.4 Å². The van der Waals surface area contributed by atoms with E-state index in [-0.39, 0.29) is 17.2 Å². The van der Waals surface area contributed by atoms with E-state index in [9.17, 15) is 4.79 Å². The topological polar surface area (TPSA) is 59.9 Å². The Morgan fingerprint density at radius 3 is 2.86 bits per heavy atom. The largest absolute Gasteiger partial charge is 0.454 e. The number of carbonyl (C=O) groups excluding carboxylic acids is 1. The van der Waals surface area contributed by atoms with Crippen LogP contribution in [0.1, 0.15) is 62.3 Å². The van der Waals surface area contributed by atoms with Crippen molar-refractivity contribution in [1.29, 1.82) is 0 Å². The van der Waals surface area contributed by atoms with Crippen molar-refractivity contribution in [1.82, 2.24) is 14.8 Å². The summed E-state index contributed by atoms with van der Waals surface area (Å²) in [4.78, 5) is 14.1. The van der Waals surface area contributed by atoms with E-state index in [2.05, 4.69) is 31.0 Å². The minimum absolute atomic E-state index is 0.0468. The van der Waals surface area contributed by atoms with Crippen LogP contribution in [0.15, 0.2) is 73.1 Å². The molecule has 1 aliphatic rings. The number of ether oxygens (including phenoxy) is 1. The summed E-state index contributed by atoms with van der Waals surface area (Å²) in [5.41, 5.74) is 4.64. The predicted molar refractivity (Wildman–Crippen MR) is 174 cm³/mol. The Hall–Kier alpha value is -3.91. The Bertz CT molecular complexity index is 1780. The number of halogens is 2. The van der Waals surface area contributed by atoms with Crippen LogP contribution in [-0.4, -0.2) is 32.6 Å². The molecule has 228 valence electrons. The minimum Gasteiger partial charge on any atom is -0.454 e. The van der Waals surface area contributed by atoms with Crippen molar-refractivity contribution in [3.63, 3.8) is 0 Å². The van der Waals surface area contributed by atoms with Crippen LogP contribution in [0, 0.1) is 17.0 Å². The highest BCUT2D eigenvalue weighted by Crippen LogP contribution is 2.38. The molecule has 0 radical (unpaired) electrons. The standard InChI is InChI=1S/C36H37F2N3O2S/c1-36(2)15-4-9-34(25-8-3-6-24(20-25)7-5-18-42)41-17-13-32(40-41)29-21-26(10-11-30(29)37)43-35-28(14-19-44-23-36)27-12-16-39-33(27)22-31(35)38/h3,6,8,10-13,16-18,20-22,34,39H,4-5,7,9,14-15,19,23H2,1-2H3. The first-order chi connectivity index (χ1) is 21.3. The summed E-state index contributed by atoms with van der Waals surface area (Å²) in [6.07, 6.45) is 9.36. The second kappa shape index (κ2) is 13.0. The van der Waals surface area contributed by atoms with Crippen molar-refractivity contribution in [3.05, 3.63) is 101 Å². The molecule has 1 unspecified atom stereocenters. The van der Waals surface area contributed by atoms with E-state index in [1.54, 1.807) is 6.07 Å². The average Bonchev–Trinajstić information content (AvgIpc) is 3.68. The third kappa shape index (κ3) is 6.60. The van der Waals surface area contributed by atoms with Gasteiger partial charge >= 0.3 is 0 Å². The molecule has 44 heavy (non-hydrogen) atoms. The molecule has 0 fully saturated rings. The molecule has 1 aliphatic heterocycles. The van der Waals surface area contributed by atoms with Crippen LogP contribution < -0.4 is 4.74 Å². The number of aryl methyl sites for hydroxylation is 2. The average molecular weight is 614 g/mol. The summed E-state index contributed by atoms with van der Waals surface area (Å²) in [5, 5.41) is 5.80. The Labute approximate surface area is 261 Å². The molecule has 6 rings (SSSR count). The van der Waals surface area contributed by atoms with Crippen molar-refractivity contribution in [3.8, 4) is 22.8 Å². The summed E-state index contributed by atoms with van der Waals surface area (Å²) < 4.78 is 38.9. The number of aromatic nitrogens is 3. The number of thioether (sulfide) groups is 1. The van der Waals surface area contributed by atoms with Gasteiger partial charge < -0.3 is 14.5 Å². The monoisotopic (exact) mass is 613 g/mol. The number of hydrogen-bond acceptors (Lipinski definition) is 4. The van der Waals surface area contributed by atoms with E-state index in [0.717, 1.165) is 64.6 Å². The molecule has 0 saturated carbocycles. The third-order valence-electron chi connectivity index (χ3n) is 8.43. The van der Waals surface area contributed by atoms with Crippen molar-refractivity contribution in [2.75, 3.05) is 11.5 Å². The first-order valence-electron chi connectivity index (χ1n) is 15.2. The smallest absolute Gasteiger partial charge is 0.168 e. The molecular weight excluding hydrogens is 576 g/mol. The lowest BCUT2D eigenvalue weighted by molar-refractivity contribution is -0.107. The van der Waals surface area contributed by atoms with Gasteiger partial charge in [-0.3, -0.25) is 4.68 Å². The lowest BCUT2D eigenvalue weighted by atomic mass is 9.87. The van der Waals surface area contributed by atoms with Gasteiger partial charge in [0.15, 0.2) is 11.6 Å². The molecule has 1 atom stereocenters. The molecule has 1 N–H and O–H groups in total. The van der Waals surface area contributed by atoms with Gasteiger partial charge in [0.05, 0.1) is 11.7 Å². The number of aldehydes is 1. The van der Waals surface area contributed by atoms with Crippen molar-refractivity contribution >= 4 is 29.0 Å². The van der Waals surface area contributed by atoms with Crippen LogP contribution in [0.5, 0.6) is 11.5 Å². The molecule has 5 aromatic rings. The van der Waals surface area contributed by atoms with E-state index in [1.165, 1.54) is 18.2 Å². The minimum atomic E-state index is -0.456. The Morgan fingerprint density at radius 1 is 1.11 bits per heavy atom. The van der Waals surface area contributed by atoms with E-state index < -0.39 is 11.6 Å². The fourth-order valence-corrected chi connectivity index (χ4v) is 7.31. The highest BCUT2D eigenvalue weighted by Gasteiger charge is 2.23. The molecular formula is C36H37F2N3O2S. The normalized spacial score (nSPS) is 17.3. The number of fused-ring (bicyclic) bond motifs is 8. The maximum absolute atomic E-state index is 15.5. The molecule has 8 heteroatoms. The van der Waals surface area contributed by atoms with Gasteiger partial charge in [-0.1, -0.05) is 44.5 Å². The van der Waals surface area contributed by atoms with Crippen LogP contribution >= 0.6 is 11.8 Å². The third-order valence-corrected chi connectivity index (χ3v) is 9.91. The zero-order valence-electron chi connectivity index (χ0n) is 25.1. The van der Waals surface area contributed by atoms with Crippen LogP contribution in [0.25, 0.3) is 22.2 Å². The number of benzene rings is 3. The van der Waals surface area contributed by atoms with Gasteiger partial charge in [0, 0.05) is 46.9 Å². The lowest BCUT2D eigenvalue weighted by Crippen LogP contribution is -2.17.